The number of rotatable bonds is 7. The minimum atomic E-state index is -0.471. The molecule has 11 heteroatoms. The fraction of sp³-hybridized carbons (Fsp3) is 0.636. The van der Waals surface area contributed by atoms with E-state index in [0.29, 0.717) is 38.2 Å². The molecular formula is C22H32N8O3. The van der Waals surface area contributed by atoms with Crippen molar-refractivity contribution in [3.05, 3.63) is 18.0 Å². The van der Waals surface area contributed by atoms with E-state index in [2.05, 4.69) is 31.6 Å². The van der Waals surface area contributed by atoms with Gasteiger partial charge < -0.3 is 30.1 Å². The lowest BCUT2D eigenvalue weighted by atomic mass is 10.1. The van der Waals surface area contributed by atoms with Crippen LogP contribution in [-0.2, 0) is 15.9 Å². The van der Waals surface area contributed by atoms with E-state index in [1.807, 2.05) is 0 Å². The molecule has 0 bridgehead atoms. The van der Waals surface area contributed by atoms with Gasteiger partial charge in [-0.15, -0.1) is 0 Å². The SMILES string of the molecule is COCCC(O)N1CC(N2CCc3c(-c4cnc(N)nc4)nc(N4CCOCC4C)nc32)C1. The monoisotopic (exact) mass is 456 g/mol. The molecule has 5 heterocycles. The summed E-state index contributed by atoms with van der Waals surface area (Å²) in [6.07, 6.45) is 4.47. The number of methoxy groups -OCH3 is 1. The van der Waals surface area contributed by atoms with Crippen molar-refractivity contribution in [2.24, 2.45) is 0 Å². The number of hydrogen-bond acceptors (Lipinski definition) is 11. The standard InChI is InChI=1S/C22H32N8O3/c1-14-13-33-8-6-29(14)22-26-19(15-9-24-21(23)25-10-15)17-3-5-30(20(17)27-22)16-11-28(12-16)18(31)4-7-32-2/h9-10,14,16,18,31H,3-8,11-13H2,1-2H3,(H2,23,24,25). The molecule has 178 valence electrons. The molecule has 0 amide bonds. The van der Waals surface area contributed by atoms with E-state index in [4.69, 9.17) is 25.2 Å². The molecule has 3 aliphatic heterocycles. The van der Waals surface area contributed by atoms with E-state index < -0.39 is 6.23 Å². The van der Waals surface area contributed by atoms with Crippen molar-refractivity contribution in [2.45, 2.75) is 38.1 Å². The van der Waals surface area contributed by atoms with E-state index in [-0.39, 0.29) is 12.0 Å². The summed E-state index contributed by atoms with van der Waals surface area (Å²) in [7, 11) is 1.66. The second-order valence-electron chi connectivity index (χ2n) is 8.93. The van der Waals surface area contributed by atoms with Crippen LogP contribution in [0.4, 0.5) is 17.7 Å². The molecule has 0 aliphatic carbocycles. The zero-order valence-corrected chi connectivity index (χ0v) is 19.2. The number of nitrogens with two attached hydrogens (primary N) is 1. The number of likely N-dealkylation sites (tertiary alicyclic amines) is 1. The van der Waals surface area contributed by atoms with Gasteiger partial charge in [0, 0.05) is 69.8 Å². The smallest absolute Gasteiger partial charge is 0.228 e. The third kappa shape index (κ3) is 4.33. The molecule has 2 atom stereocenters. The first-order valence-corrected chi connectivity index (χ1v) is 11.6. The Morgan fingerprint density at radius 1 is 1.21 bits per heavy atom. The third-order valence-electron chi connectivity index (χ3n) is 6.75. The van der Waals surface area contributed by atoms with Crippen LogP contribution in [-0.4, -0.2) is 101 Å². The van der Waals surface area contributed by atoms with Crippen molar-refractivity contribution < 1.29 is 14.6 Å². The molecule has 0 spiro atoms. The first-order chi connectivity index (χ1) is 16.0. The minimum Gasteiger partial charge on any atom is -0.385 e. The molecule has 2 aromatic heterocycles. The number of nitrogen functional groups attached to an aromatic ring is 1. The topological polar surface area (TPSA) is 126 Å². The maximum absolute atomic E-state index is 10.4. The number of aliphatic hydroxyl groups is 1. The van der Waals surface area contributed by atoms with Gasteiger partial charge in [0.15, 0.2) is 0 Å². The Morgan fingerprint density at radius 3 is 2.73 bits per heavy atom. The van der Waals surface area contributed by atoms with E-state index in [1.54, 1.807) is 19.5 Å². The van der Waals surface area contributed by atoms with E-state index in [9.17, 15) is 5.11 Å². The Balaban J connectivity index is 1.44. The van der Waals surface area contributed by atoms with Crippen LogP contribution < -0.4 is 15.5 Å². The normalized spacial score (nSPS) is 22.3. The predicted molar refractivity (Wildman–Crippen MR) is 124 cm³/mol. The van der Waals surface area contributed by atoms with Crippen molar-refractivity contribution >= 4 is 17.7 Å². The fourth-order valence-corrected chi connectivity index (χ4v) is 4.81. The maximum Gasteiger partial charge on any atom is 0.228 e. The lowest BCUT2D eigenvalue weighted by molar-refractivity contribution is -0.0593. The summed E-state index contributed by atoms with van der Waals surface area (Å²) in [6, 6.07) is 0.501. The van der Waals surface area contributed by atoms with E-state index in [0.717, 1.165) is 55.2 Å². The van der Waals surface area contributed by atoms with Gasteiger partial charge in [0.1, 0.15) is 12.0 Å². The molecule has 2 unspecified atom stereocenters. The molecule has 0 saturated carbocycles. The van der Waals surface area contributed by atoms with Gasteiger partial charge in [0.25, 0.3) is 0 Å². The number of fused-ring (bicyclic) bond motifs is 1. The van der Waals surface area contributed by atoms with Crippen LogP contribution in [0.5, 0.6) is 0 Å². The summed E-state index contributed by atoms with van der Waals surface area (Å²) < 4.78 is 10.7. The van der Waals surface area contributed by atoms with Gasteiger partial charge in [0.05, 0.1) is 31.0 Å². The molecule has 5 rings (SSSR count). The highest BCUT2D eigenvalue weighted by Gasteiger charge is 2.40. The van der Waals surface area contributed by atoms with Crippen LogP contribution in [0.15, 0.2) is 12.4 Å². The molecule has 0 aromatic carbocycles. The van der Waals surface area contributed by atoms with Crippen molar-refractivity contribution in [1.82, 2.24) is 24.8 Å². The van der Waals surface area contributed by atoms with Gasteiger partial charge in [-0.3, -0.25) is 4.90 Å². The molecule has 2 aromatic rings. The summed E-state index contributed by atoms with van der Waals surface area (Å²) in [6.45, 7) is 7.23. The Morgan fingerprint density at radius 2 is 2.00 bits per heavy atom. The number of aromatic nitrogens is 4. The number of hydrogen-bond donors (Lipinski definition) is 2. The first kappa shape index (κ1) is 22.2. The van der Waals surface area contributed by atoms with Crippen LogP contribution in [0.1, 0.15) is 18.9 Å². The Labute approximate surface area is 193 Å². The molecular weight excluding hydrogens is 424 g/mol. The molecule has 0 radical (unpaired) electrons. The minimum absolute atomic E-state index is 0.192. The van der Waals surface area contributed by atoms with Crippen molar-refractivity contribution in [1.29, 1.82) is 0 Å². The highest BCUT2D eigenvalue weighted by Crippen LogP contribution is 2.38. The molecule has 2 saturated heterocycles. The average Bonchev–Trinajstić information content (AvgIpc) is 3.20. The molecule has 3 aliphatic rings. The van der Waals surface area contributed by atoms with E-state index >= 15 is 0 Å². The second-order valence-corrected chi connectivity index (χ2v) is 8.93. The quantitative estimate of drug-likeness (QED) is 0.591. The number of nitrogens with zero attached hydrogens (tertiary/aromatic N) is 7. The highest BCUT2D eigenvalue weighted by molar-refractivity contribution is 5.72. The molecule has 11 nitrogen and oxygen atoms in total. The van der Waals surface area contributed by atoms with Crippen LogP contribution in [0.25, 0.3) is 11.3 Å². The molecule has 3 N–H and O–H groups in total. The average molecular weight is 457 g/mol. The third-order valence-corrected chi connectivity index (χ3v) is 6.75. The van der Waals surface area contributed by atoms with Gasteiger partial charge in [-0.2, -0.15) is 4.98 Å². The van der Waals surface area contributed by atoms with Gasteiger partial charge >= 0.3 is 0 Å². The summed E-state index contributed by atoms with van der Waals surface area (Å²) >= 11 is 0. The van der Waals surface area contributed by atoms with Gasteiger partial charge in [-0.25, -0.2) is 15.0 Å². The molecule has 33 heavy (non-hydrogen) atoms. The van der Waals surface area contributed by atoms with Crippen LogP contribution in [0.3, 0.4) is 0 Å². The predicted octanol–water partition coefficient (Wildman–Crippen LogP) is 0.143. The van der Waals surface area contributed by atoms with Gasteiger partial charge in [0.2, 0.25) is 11.9 Å². The lowest BCUT2D eigenvalue weighted by Gasteiger charge is -2.46. The fourth-order valence-electron chi connectivity index (χ4n) is 4.81. The van der Waals surface area contributed by atoms with Crippen molar-refractivity contribution in [3.8, 4) is 11.3 Å². The Kier molecular flexibility index (Phi) is 6.28. The molecule has 2 fully saturated rings. The van der Waals surface area contributed by atoms with Crippen molar-refractivity contribution in [3.63, 3.8) is 0 Å². The number of morpholine rings is 1. The second kappa shape index (κ2) is 9.34. The van der Waals surface area contributed by atoms with Crippen LogP contribution >= 0.6 is 0 Å². The first-order valence-electron chi connectivity index (χ1n) is 11.6. The van der Waals surface area contributed by atoms with Crippen LogP contribution in [0.2, 0.25) is 0 Å². The summed E-state index contributed by atoms with van der Waals surface area (Å²) in [4.78, 5) is 25.1. The zero-order valence-electron chi connectivity index (χ0n) is 19.2. The largest absolute Gasteiger partial charge is 0.385 e. The lowest BCUT2D eigenvalue weighted by Crippen LogP contribution is -2.62. The van der Waals surface area contributed by atoms with Gasteiger partial charge in [-0.1, -0.05) is 0 Å². The summed E-state index contributed by atoms with van der Waals surface area (Å²) in [5.41, 5.74) is 8.55. The Bertz CT molecular complexity index is 969. The number of ether oxygens (including phenoxy) is 2. The van der Waals surface area contributed by atoms with E-state index in [1.165, 1.54) is 0 Å². The Hall–Kier alpha value is -2.60. The summed E-state index contributed by atoms with van der Waals surface area (Å²) in [5, 5.41) is 10.4. The van der Waals surface area contributed by atoms with Gasteiger partial charge in [-0.05, 0) is 13.3 Å². The maximum atomic E-state index is 10.4. The van der Waals surface area contributed by atoms with Crippen LogP contribution in [0, 0.1) is 0 Å². The number of anilines is 3. The summed E-state index contributed by atoms with van der Waals surface area (Å²) in [5.74, 6) is 1.93. The van der Waals surface area contributed by atoms with Crippen molar-refractivity contribution in [2.75, 3.05) is 68.6 Å². The highest BCUT2D eigenvalue weighted by atomic mass is 16.5. The zero-order chi connectivity index (χ0) is 22.9. The number of aliphatic hydroxyl groups excluding tert-OH is 1.